The highest BCUT2D eigenvalue weighted by molar-refractivity contribution is 5.40. The molecule has 1 atom stereocenters. The average Bonchev–Trinajstić information content (AvgIpc) is 2.50. The van der Waals surface area contributed by atoms with E-state index in [1.165, 1.54) is 16.7 Å². The van der Waals surface area contributed by atoms with Crippen LogP contribution in [0, 0.1) is 13.8 Å². The third-order valence-corrected chi connectivity index (χ3v) is 3.89. The van der Waals surface area contributed by atoms with Crippen molar-refractivity contribution in [1.82, 2.24) is 5.32 Å². The predicted octanol–water partition coefficient (Wildman–Crippen LogP) is 3.23. The molecule has 1 aliphatic rings. The van der Waals surface area contributed by atoms with Crippen molar-refractivity contribution in [1.29, 1.82) is 0 Å². The molecular weight excluding hydrogens is 262 g/mol. The van der Waals surface area contributed by atoms with E-state index in [-0.39, 0.29) is 6.10 Å². The summed E-state index contributed by atoms with van der Waals surface area (Å²) in [7, 11) is 0. The van der Waals surface area contributed by atoms with Crippen molar-refractivity contribution >= 4 is 0 Å². The van der Waals surface area contributed by atoms with Gasteiger partial charge in [-0.05, 0) is 42.7 Å². The molecule has 0 aromatic heterocycles. The fraction of sp³-hybridized carbons (Fsp3) is 0.333. The van der Waals surface area contributed by atoms with E-state index < -0.39 is 0 Å². The molecule has 2 aromatic carbocycles. The molecule has 0 radical (unpaired) electrons. The molecule has 0 amide bonds. The lowest BCUT2D eigenvalue weighted by Gasteiger charge is -2.26. The minimum absolute atomic E-state index is 0.0595. The Morgan fingerprint density at radius 1 is 1.00 bits per heavy atom. The SMILES string of the molecule is Cc1cccc(C)c1CNCC1COc2ccccc2O1. The first kappa shape index (κ1) is 14.0. The molecule has 2 aromatic rings. The van der Waals surface area contributed by atoms with Crippen LogP contribution in [0.2, 0.25) is 0 Å². The standard InChI is InChI=1S/C18H21NO2/c1-13-6-5-7-14(2)16(13)11-19-10-15-12-20-17-8-3-4-9-18(17)21-15/h3-9,15,19H,10-12H2,1-2H3. The van der Waals surface area contributed by atoms with Crippen LogP contribution in [0.25, 0.3) is 0 Å². The molecule has 0 saturated heterocycles. The Labute approximate surface area is 125 Å². The van der Waals surface area contributed by atoms with Gasteiger partial charge in [-0.2, -0.15) is 0 Å². The lowest BCUT2D eigenvalue weighted by Crippen LogP contribution is -2.38. The topological polar surface area (TPSA) is 30.5 Å². The molecule has 1 aliphatic heterocycles. The number of ether oxygens (including phenoxy) is 2. The van der Waals surface area contributed by atoms with Crippen molar-refractivity contribution in [2.75, 3.05) is 13.2 Å². The molecule has 1 N–H and O–H groups in total. The second kappa shape index (κ2) is 6.19. The maximum absolute atomic E-state index is 5.94. The maximum Gasteiger partial charge on any atom is 0.161 e. The summed E-state index contributed by atoms with van der Waals surface area (Å²) in [5, 5.41) is 3.48. The molecule has 110 valence electrons. The second-order valence-electron chi connectivity index (χ2n) is 5.50. The molecule has 3 rings (SSSR count). The number of nitrogens with one attached hydrogen (secondary N) is 1. The molecule has 21 heavy (non-hydrogen) atoms. The van der Waals surface area contributed by atoms with E-state index in [1.54, 1.807) is 0 Å². The molecule has 0 saturated carbocycles. The van der Waals surface area contributed by atoms with Gasteiger partial charge in [0, 0.05) is 13.1 Å². The van der Waals surface area contributed by atoms with Gasteiger partial charge in [-0.1, -0.05) is 30.3 Å². The van der Waals surface area contributed by atoms with Crippen LogP contribution in [0.1, 0.15) is 16.7 Å². The average molecular weight is 283 g/mol. The fourth-order valence-corrected chi connectivity index (χ4v) is 2.65. The Morgan fingerprint density at radius 2 is 1.71 bits per heavy atom. The van der Waals surface area contributed by atoms with E-state index in [1.807, 2.05) is 24.3 Å². The van der Waals surface area contributed by atoms with Gasteiger partial charge in [0.2, 0.25) is 0 Å². The quantitative estimate of drug-likeness (QED) is 0.934. The van der Waals surface area contributed by atoms with Crippen LogP contribution in [0.15, 0.2) is 42.5 Å². The Morgan fingerprint density at radius 3 is 2.48 bits per heavy atom. The van der Waals surface area contributed by atoms with Crippen LogP contribution in [0.5, 0.6) is 11.5 Å². The van der Waals surface area contributed by atoms with Gasteiger partial charge in [-0.25, -0.2) is 0 Å². The van der Waals surface area contributed by atoms with E-state index >= 15 is 0 Å². The van der Waals surface area contributed by atoms with Crippen molar-refractivity contribution in [2.45, 2.75) is 26.5 Å². The normalized spacial score (nSPS) is 16.8. The summed E-state index contributed by atoms with van der Waals surface area (Å²) in [5.74, 6) is 1.67. The van der Waals surface area contributed by atoms with Gasteiger partial charge in [-0.3, -0.25) is 0 Å². The molecule has 0 aliphatic carbocycles. The maximum atomic E-state index is 5.94. The predicted molar refractivity (Wildman–Crippen MR) is 84.0 cm³/mol. The van der Waals surface area contributed by atoms with Gasteiger partial charge in [0.25, 0.3) is 0 Å². The van der Waals surface area contributed by atoms with Crippen LogP contribution in [-0.2, 0) is 6.54 Å². The van der Waals surface area contributed by atoms with Crippen LogP contribution in [0.3, 0.4) is 0 Å². The first-order valence-electron chi connectivity index (χ1n) is 7.38. The highest BCUT2D eigenvalue weighted by atomic mass is 16.6. The summed E-state index contributed by atoms with van der Waals surface area (Å²) in [5.41, 5.74) is 4.02. The first-order valence-corrected chi connectivity index (χ1v) is 7.38. The van der Waals surface area contributed by atoms with Crippen LogP contribution >= 0.6 is 0 Å². The zero-order valence-electron chi connectivity index (χ0n) is 12.6. The Kier molecular flexibility index (Phi) is 4.11. The summed E-state index contributed by atoms with van der Waals surface area (Å²) in [4.78, 5) is 0. The lowest BCUT2D eigenvalue weighted by molar-refractivity contribution is 0.0902. The van der Waals surface area contributed by atoms with Gasteiger partial charge >= 0.3 is 0 Å². The number of benzene rings is 2. The minimum Gasteiger partial charge on any atom is -0.486 e. The van der Waals surface area contributed by atoms with Crippen LogP contribution in [0.4, 0.5) is 0 Å². The molecule has 3 heteroatoms. The van der Waals surface area contributed by atoms with Crippen LogP contribution in [-0.4, -0.2) is 19.3 Å². The summed E-state index contributed by atoms with van der Waals surface area (Å²) < 4.78 is 11.7. The lowest BCUT2D eigenvalue weighted by atomic mass is 10.0. The molecule has 3 nitrogen and oxygen atoms in total. The zero-order valence-corrected chi connectivity index (χ0v) is 12.6. The van der Waals surface area contributed by atoms with Crippen molar-refractivity contribution in [3.05, 3.63) is 59.2 Å². The van der Waals surface area contributed by atoms with E-state index in [9.17, 15) is 0 Å². The summed E-state index contributed by atoms with van der Waals surface area (Å²) >= 11 is 0. The Balaban J connectivity index is 1.55. The number of hydrogen-bond donors (Lipinski definition) is 1. The van der Waals surface area contributed by atoms with Gasteiger partial charge < -0.3 is 14.8 Å². The molecular formula is C18H21NO2. The number of para-hydroxylation sites is 2. The summed E-state index contributed by atoms with van der Waals surface area (Å²) in [6.07, 6.45) is 0.0595. The highest BCUT2D eigenvalue weighted by Crippen LogP contribution is 2.30. The fourth-order valence-electron chi connectivity index (χ4n) is 2.65. The minimum atomic E-state index is 0.0595. The molecule has 0 fully saturated rings. The molecule has 1 unspecified atom stereocenters. The van der Waals surface area contributed by atoms with Crippen molar-refractivity contribution in [3.63, 3.8) is 0 Å². The third-order valence-electron chi connectivity index (χ3n) is 3.89. The first-order chi connectivity index (χ1) is 10.2. The Bertz CT molecular complexity index is 604. The third kappa shape index (κ3) is 3.19. The van der Waals surface area contributed by atoms with Crippen molar-refractivity contribution < 1.29 is 9.47 Å². The van der Waals surface area contributed by atoms with Gasteiger partial charge in [0.05, 0.1) is 0 Å². The van der Waals surface area contributed by atoms with Gasteiger partial charge in [0.15, 0.2) is 11.5 Å². The smallest absolute Gasteiger partial charge is 0.161 e. The Hall–Kier alpha value is -2.00. The number of rotatable bonds is 4. The monoisotopic (exact) mass is 283 g/mol. The van der Waals surface area contributed by atoms with Gasteiger partial charge in [0.1, 0.15) is 12.7 Å². The van der Waals surface area contributed by atoms with E-state index in [4.69, 9.17) is 9.47 Å². The van der Waals surface area contributed by atoms with Crippen LogP contribution < -0.4 is 14.8 Å². The van der Waals surface area contributed by atoms with Crippen molar-refractivity contribution in [2.24, 2.45) is 0 Å². The highest BCUT2D eigenvalue weighted by Gasteiger charge is 2.20. The summed E-state index contributed by atoms with van der Waals surface area (Å²) in [6, 6.07) is 14.2. The largest absolute Gasteiger partial charge is 0.486 e. The van der Waals surface area contributed by atoms with E-state index in [0.717, 1.165) is 24.6 Å². The number of hydrogen-bond acceptors (Lipinski definition) is 3. The molecule has 1 heterocycles. The molecule has 0 bridgehead atoms. The summed E-state index contributed by atoms with van der Waals surface area (Å²) in [6.45, 7) is 6.54. The van der Waals surface area contributed by atoms with Crippen molar-refractivity contribution in [3.8, 4) is 11.5 Å². The van der Waals surface area contributed by atoms with E-state index in [0.29, 0.717) is 6.61 Å². The van der Waals surface area contributed by atoms with E-state index in [2.05, 4.69) is 37.4 Å². The molecule has 0 spiro atoms. The number of aryl methyl sites for hydroxylation is 2. The van der Waals surface area contributed by atoms with Gasteiger partial charge in [-0.15, -0.1) is 0 Å². The second-order valence-corrected chi connectivity index (χ2v) is 5.50. The number of fused-ring (bicyclic) bond motifs is 1. The zero-order chi connectivity index (χ0) is 14.7.